The van der Waals surface area contributed by atoms with Crippen LogP contribution in [0.1, 0.15) is 39.0 Å². The number of unbranched alkanes of at least 4 members (excludes halogenated alkanes) is 3. The van der Waals surface area contributed by atoms with Gasteiger partial charge in [0.1, 0.15) is 12.1 Å². The van der Waals surface area contributed by atoms with E-state index in [9.17, 15) is 0 Å². The van der Waals surface area contributed by atoms with Crippen molar-refractivity contribution in [3.8, 4) is 5.88 Å². The van der Waals surface area contributed by atoms with E-state index < -0.39 is 0 Å². The van der Waals surface area contributed by atoms with E-state index in [1.165, 1.54) is 31.4 Å². The molecule has 0 amide bonds. The largest absolute Gasteiger partial charge is 0.478 e. The van der Waals surface area contributed by atoms with E-state index in [0.29, 0.717) is 12.5 Å². The first kappa shape index (κ1) is 16.1. The van der Waals surface area contributed by atoms with Crippen LogP contribution in [0.25, 0.3) is 0 Å². The molecule has 0 unspecified atom stereocenters. The maximum Gasteiger partial charge on any atom is 0.218 e. The monoisotopic (exact) mass is 283 g/mol. The molecular formula is C14H25N3OS. The van der Waals surface area contributed by atoms with E-state index >= 15 is 0 Å². The minimum absolute atomic E-state index is 0.652. The lowest BCUT2D eigenvalue weighted by Crippen LogP contribution is -2.05. The molecule has 0 aromatic carbocycles. The number of nitrogens with zero attached hydrogens (tertiary/aromatic N) is 2. The van der Waals surface area contributed by atoms with Crippen LogP contribution in [0.3, 0.4) is 0 Å². The maximum absolute atomic E-state index is 5.47. The number of thioether (sulfide) groups is 1. The Bertz CT molecular complexity index is 336. The van der Waals surface area contributed by atoms with E-state index in [2.05, 4.69) is 28.5 Å². The zero-order chi connectivity index (χ0) is 13.8. The van der Waals surface area contributed by atoms with Gasteiger partial charge < -0.3 is 10.1 Å². The van der Waals surface area contributed by atoms with Gasteiger partial charge in [0.2, 0.25) is 5.88 Å². The smallest absolute Gasteiger partial charge is 0.218 e. The lowest BCUT2D eigenvalue weighted by molar-refractivity contribution is 0.305. The molecule has 0 aliphatic rings. The fourth-order valence-electron chi connectivity index (χ4n) is 1.66. The Labute approximate surface area is 120 Å². The molecule has 19 heavy (non-hydrogen) atoms. The number of hydrogen-bond donors (Lipinski definition) is 1. The van der Waals surface area contributed by atoms with E-state index in [4.69, 9.17) is 4.74 Å². The highest BCUT2D eigenvalue weighted by Gasteiger charge is 1.98. The van der Waals surface area contributed by atoms with Crippen molar-refractivity contribution >= 4 is 17.6 Å². The van der Waals surface area contributed by atoms with Gasteiger partial charge in [0.15, 0.2) is 0 Å². The Morgan fingerprint density at radius 2 is 2.05 bits per heavy atom. The molecule has 1 aromatic heterocycles. The molecule has 0 aliphatic carbocycles. The summed E-state index contributed by atoms with van der Waals surface area (Å²) in [6.45, 7) is 3.74. The molecule has 1 N–H and O–H groups in total. The van der Waals surface area contributed by atoms with E-state index in [-0.39, 0.29) is 0 Å². The van der Waals surface area contributed by atoms with Crippen LogP contribution in [0, 0.1) is 0 Å². The van der Waals surface area contributed by atoms with Crippen LogP contribution in [-0.2, 0) is 0 Å². The first-order chi connectivity index (χ1) is 9.36. The molecule has 0 saturated carbocycles. The second-order valence-corrected chi connectivity index (χ2v) is 5.41. The summed E-state index contributed by atoms with van der Waals surface area (Å²) in [7, 11) is 0. The number of rotatable bonds is 11. The minimum Gasteiger partial charge on any atom is -0.478 e. The summed E-state index contributed by atoms with van der Waals surface area (Å²) in [5.74, 6) is 2.78. The van der Waals surface area contributed by atoms with Crippen LogP contribution >= 0.6 is 11.8 Å². The standard InChI is InChI=1S/C14H25N3OS/c1-3-9-18-14-11-13(16-12-17-14)15-8-6-4-5-7-10-19-2/h11-12H,3-10H2,1-2H3,(H,15,16,17). The van der Waals surface area contributed by atoms with Crippen LogP contribution in [0.4, 0.5) is 5.82 Å². The number of nitrogens with one attached hydrogen (secondary N) is 1. The topological polar surface area (TPSA) is 47.0 Å². The van der Waals surface area contributed by atoms with Crippen molar-refractivity contribution in [3.05, 3.63) is 12.4 Å². The molecule has 1 rings (SSSR count). The molecule has 0 fully saturated rings. The van der Waals surface area contributed by atoms with Gasteiger partial charge in [-0.05, 0) is 31.3 Å². The van der Waals surface area contributed by atoms with Gasteiger partial charge in [0.25, 0.3) is 0 Å². The second-order valence-electron chi connectivity index (χ2n) is 4.42. The molecular weight excluding hydrogens is 258 g/mol. The molecule has 108 valence electrons. The molecule has 0 spiro atoms. The van der Waals surface area contributed by atoms with Crippen LogP contribution in [0.15, 0.2) is 12.4 Å². The summed E-state index contributed by atoms with van der Waals surface area (Å²) in [4.78, 5) is 8.27. The third-order valence-electron chi connectivity index (χ3n) is 2.68. The lowest BCUT2D eigenvalue weighted by Gasteiger charge is -2.07. The molecule has 0 bridgehead atoms. The number of aromatic nitrogens is 2. The first-order valence-electron chi connectivity index (χ1n) is 7.04. The number of ether oxygens (including phenoxy) is 1. The van der Waals surface area contributed by atoms with Crippen molar-refractivity contribution in [2.45, 2.75) is 39.0 Å². The van der Waals surface area contributed by atoms with E-state index in [1.54, 1.807) is 6.33 Å². The molecule has 0 atom stereocenters. The second kappa shape index (κ2) is 10.9. The van der Waals surface area contributed by atoms with Crippen molar-refractivity contribution < 1.29 is 4.74 Å². The Morgan fingerprint density at radius 3 is 2.84 bits per heavy atom. The SMILES string of the molecule is CCCOc1cc(NCCCCCCSC)ncn1. The predicted molar refractivity (Wildman–Crippen MR) is 83.2 cm³/mol. The van der Waals surface area contributed by atoms with Gasteiger partial charge in [0, 0.05) is 12.6 Å². The lowest BCUT2D eigenvalue weighted by atomic mass is 10.2. The van der Waals surface area contributed by atoms with Gasteiger partial charge in [-0.1, -0.05) is 19.8 Å². The molecule has 4 nitrogen and oxygen atoms in total. The zero-order valence-corrected chi connectivity index (χ0v) is 12.8. The quantitative estimate of drug-likeness (QED) is 0.629. The molecule has 0 saturated heterocycles. The Hall–Kier alpha value is -0.970. The Kier molecular flexibility index (Phi) is 9.23. The molecule has 1 heterocycles. The summed E-state index contributed by atoms with van der Waals surface area (Å²) in [6, 6.07) is 1.86. The highest BCUT2D eigenvalue weighted by molar-refractivity contribution is 7.98. The molecule has 1 aromatic rings. The van der Waals surface area contributed by atoms with Gasteiger partial charge in [0.05, 0.1) is 6.61 Å². The highest BCUT2D eigenvalue weighted by Crippen LogP contribution is 2.11. The van der Waals surface area contributed by atoms with E-state index in [1.807, 2.05) is 17.8 Å². The summed E-state index contributed by atoms with van der Waals surface area (Å²) >= 11 is 1.92. The van der Waals surface area contributed by atoms with Crippen LogP contribution < -0.4 is 10.1 Å². The number of hydrogen-bond acceptors (Lipinski definition) is 5. The maximum atomic E-state index is 5.47. The third kappa shape index (κ3) is 7.93. The van der Waals surface area contributed by atoms with Gasteiger partial charge in [-0.3, -0.25) is 0 Å². The normalized spacial score (nSPS) is 10.4. The van der Waals surface area contributed by atoms with Crippen molar-refractivity contribution in [3.63, 3.8) is 0 Å². The number of anilines is 1. The average molecular weight is 283 g/mol. The van der Waals surface area contributed by atoms with Crippen molar-refractivity contribution in [1.82, 2.24) is 9.97 Å². The third-order valence-corrected chi connectivity index (χ3v) is 3.37. The fraction of sp³-hybridized carbons (Fsp3) is 0.714. The zero-order valence-electron chi connectivity index (χ0n) is 12.0. The van der Waals surface area contributed by atoms with Gasteiger partial charge in [-0.15, -0.1) is 0 Å². The van der Waals surface area contributed by atoms with Crippen molar-refractivity contribution in [2.75, 3.05) is 30.5 Å². The van der Waals surface area contributed by atoms with Gasteiger partial charge in [-0.25, -0.2) is 9.97 Å². The molecule has 0 aliphatic heterocycles. The van der Waals surface area contributed by atoms with Crippen LogP contribution in [-0.4, -0.2) is 35.1 Å². The summed E-state index contributed by atoms with van der Waals surface area (Å²) in [5.41, 5.74) is 0. The highest BCUT2D eigenvalue weighted by atomic mass is 32.2. The summed E-state index contributed by atoms with van der Waals surface area (Å²) in [5, 5.41) is 3.32. The minimum atomic E-state index is 0.652. The van der Waals surface area contributed by atoms with Gasteiger partial charge >= 0.3 is 0 Å². The fourth-order valence-corrected chi connectivity index (χ4v) is 2.16. The van der Waals surface area contributed by atoms with E-state index in [0.717, 1.165) is 18.8 Å². The molecule has 0 radical (unpaired) electrons. The van der Waals surface area contributed by atoms with Crippen molar-refractivity contribution in [2.24, 2.45) is 0 Å². The Morgan fingerprint density at radius 1 is 1.21 bits per heavy atom. The Balaban J connectivity index is 2.14. The van der Waals surface area contributed by atoms with Gasteiger partial charge in [-0.2, -0.15) is 11.8 Å². The summed E-state index contributed by atoms with van der Waals surface area (Å²) < 4.78 is 5.47. The summed E-state index contributed by atoms with van der Waals surface area (Å²) in [6.07, 6.45) is 9.80. The first-order valence-corrected chi connectivity index (χ1v) is 8.44. The van der Waals surface area contributed by atoms with Crippen molar-refractivity contribution in [1.29, 1.82) is 0 Å². The van der Waals surface area contributed by atoms with Crippen LogP contribution in [0.5, 0.6) is 5.88 Å². The average Bonchev–Trinajstić information content (AvgIpc) is 2.44. The van der Waals surface area contributed by atoms with Crippen LogP contribution in [0.2, 0.25) is 0 Å². The molecule has 5 heteroatoms. The predicted octanol–water partition coefficient (Wildman–Crippen LogP) is 3.60.